The number of benzene rings is 3. The molecule has 0 radical (unpaired) electrons. The van der Waals surface area contributed by atoms with Crippen LogP contribution in [0.2, 0.25) is 0 Å². The fourth-order valence-electron chi connectivity index (χ4n) is 4.83. The molecule has 3 aromatic rings. The minimum Gasteiger partial charge on any atom is -0.260 e. The maximum atomic E-state index is 5.26. The summed E-state index contributed by atoms with van der Waals surface area (Å²) in [6.45, 7) is 11.4. The minimum absolute atomic E-state index is 0.231. The molecule has 4 rings (SSSR count). The quantitative estimate of drug-likeness (QED) is 0.376. The maximum Gasteiger partial charge on any atom is 0.0695 e. The summed E-state index contributed by atoms with van der Waals surface area (Å²) >= 11 is 0. The van der Waals surface area contributed by atoms with Crippen LogP contribution >= 0.6 is 0 Å². The number of nitrogens with zero attached hydrogens (tertiary/aromatic N) is 1. The first-order valence-corrected chi connectivity index (χ1v) is 11.4. The topological polar surface area (TPSA) is 12.4 Å². The van der Waals surface area contributed by atoms with Gasteiger partial charge in [0.25, 0.3) is 0 Å². The molecule has 0 N–H and O–H groups in total. The van der Waals surface area contributed by atoms with Gasteiger partial charge in [-0.3, -0.25) is 4.99 Å². The van der Waals surface area contributed by atoms with Crippen LogP contribution in [0.3, 0.4) is 0 Å². The first-order valence-electron chi connectivity index (χ1n) is 11.4. The number of allylic oxidation sites excluding steroid dienone is 1. The molecule has 0 heterocycles. The third kappa shape index (κ3) is 4.02. The van der Waals surface area contributed by atoms with Gasteiger partial charge in [0, 0.05) is 17.5 Å². The summed E-state index contributed by atoms with van der Waals surface area (Å²) in [7, 11) is 0. The van der Waals surface area contributed by atoms with Crippen molar-refractivity contribution >= 4 is 18.0 Å². The lowest BCUT2D eigenvalue weighted by Crippen LogP contribution is -2.34. The molecule has 0 aliphatic heterocycles. The van der Waals surface area contributed by atoms with E-state index >= 15 is 0 Å². The average molecular weight is 408 g/mol. The third-order valence-electron chi connectivity index (χ3n) is 6.62. The van der Waals surface area contributed by atoms with Crippen LogP contribution in [0.25, 0.3) is 6.08 Å². The molecule has 0 unspecified atom stereocenters. The van der Waals surface area contributed by atoms with Crippen molar-refractivity contribution < 1.29 is 0 Å². The van der Waals surface area contributed by atoms with Gasteiger partial charge in [-0.05, 0) is 46.6 Å². The summed E-state index contributed by atoms with van der Waals surface area (Å²) in [6.07, 6.45) is 6.84. The monoisotopic (exact) mass is 407 g/mol. The Labute approximate surface area is 187 Å². The predicted molar refractivity (Wildman–Crippen MR) is 135 cm³/mol. The van der Waals surface area contributed by atoms with Crippen LogP contribution in [0, 0.1) is 0 Å². The van der Waals surface area contributed by atoms with Gasteiger partial charge in [-0.2, -0.15) is 0 Å². The Morgan fingerprint density at radius 3 is 2.03 bits per heavy atom. The summed E-state index contributed by atoms with van der Waals surface area (Å²) in [5, 5.41) is 0. The molecular formula is C30H33N. The van der Waals surface area contributed by atoms with E-state index in [1.54, 1.807) is 0 Å². The van der Waals surface area contributed by atoms with Gasteiger partial charge in [0.05, 0.1) is 5.69 Å². The van der Waals surface area contributed by atoms with E-state index < -0.39 is 0 Å². The molecule has 2 atom stereocenters. The van der Waals surface area contributed by atoms with Crippen LogP contribution in [-0.4, -0.2) is 6.21 Å². The van der Waals surface area contributed by atoms with Crippen LogP contribution in [0.4, 0.5) is 5.69 Å². The Morgan fingerprint density at radius 1 is 0.774 bits per heavy atom. The second-order valence-electron chi connectivity index (χ2n) is 9.47. The van der Waals surface area contributed by atoms with Crippen molar-refractivity contribution in [3.63, 3.8) is 0 Å². The van der Waals surface area contributed by atoms with Crippen LogP contribution in [0.15, 0.2) is 83.9 Å². The predicted octanol–water partition coefficient (Wildman–Crippen LogP) is 8.40. The number of hydrogen-bond acceptors (Lipinski definition) is 1. The molecule has 0 spiro atoms. The maximum absolute atomic E-state index is 5.26. The Morgan fingerprint density at radius 2 is 1.39 bits per heavy atom. The molecule has 1 nitrogen and oxygen atoms in total. The van der Waals surface area contributed by atoms with Crippen molar-refractivity contribution in [1.82, 2.24) is 0 Å². The van der Waals surface area contributed by atoms with Gasteiger partial charge in [0.15, 0.2) is 0 Å². The molecule has 31 heavy (non-hydrogen) atoms. The summed E-state index contributed by atoms with van der Waals surface area (Å²) in [5.41, 5.74) is 7.50. The number of rotatable bonds is 5. The second kappa shape index (κ2) is 8.67. The van der Waals surface area contributed by atoms with E-state index in [1.807, 2.05) is 0 Å². The number of para-hydroxylation sites is 1. The molecule has 1 heteroatoms. The molecule has 1 aliphatic carbocycles. The Bertz CT molecular complexity index is 1080. The first kappa shape index (κ1) is 21.3. The Balaban J connectivity index is 1.89. The summed E-state index contributed by atoms with van der Waals surface area (Å²) in [4.78, 5) is 5.26. The largest absolute Gasteiger partial charge is 0.260 e. The van der Waals surface area contributed by atoms with E-state index in [1.165, 1.54) is 27.8 Å². The number of aliphatic imine (C=N–C) groups is 1. The van der Waals surface area contributed by atoms with Crippen LogP contribution in [0.1, 0.15) is 80.2 Å². The van der Waals surface area contributed by atoms with Crippen molar-refractivity contribution in [3.8, 4) is 0 Å². The third-order valence-corrected chi connectivity index (χ3v) is 6.62. The van der Waals surface area contributed by atoms with Gasteiger partial charge in [-0.25, -0.2) is 0 Å². The van der Waals surface area contributed by atoms with E-state index in [9.17, 15) is 0 Å². The lowest BCUT2D eigenvalue weighted by atomic mass is 9.65. The molecule has 0 aromatic heterocycles. The molecule has 0 bridgehead atoms. The first-order chi connectivity index (χ1) is 14.9. The van der Waals surface area contributed by atoms with Crippen molar-refractivity contribution in [3.05, 3.63) is 107 Å². The second-order valence-corrected chi connectivity index (χ2v) is 9.47. The van der Waals surface area contributed by atoms with Crippen molar-refractivity contribution in [2.75, 3.05) is 0 Å². The zero-order chi connectivity index (χ0) is 22.0. The molecule has 0 amide bonds. The fourth-order valence-corrected chi connectivity index (χ4v) is 4.83. The highest BCUT2D eigenvalue weighted by molar-refractivity contribution is 5.83. The molecule has 1 aliphatic rings. The molecule has 0 saturated carbocycles. The van der Waals surface area contributed by atoms with Gasteiger partial charge >= 0.3 is 0 Å². The van der Waals surface area contributed by atoms with Gasteiger partial charge in [0.1, 0.15) is 0 Å². The van der Waals surface area contributed by atoms with Gasteiger partial charge < -0.3 is 0 Å². The molecule has 3 aromatic carbocycles. The molecular weight excluding hydrogens is 374 g/mol. The Kier molecular flexibility index (Phi) is 5.96. The standard InChI is InChI=1S/C30H33N/c1-21(2)25-15-11-16-26(22(3)4)29(25)31-20-30(5)27-17-10-9-14-24(27)18-19-28(30)23-12-7-6-8-13-23/h6-22,28H,1-5H3/t28-,30-/m1/s1. The van der Waals surface area contributed by atoms with Gasteiger partial charge in [-0.15, -0.1) is 0 Å². The van der Waals surface area contributed by atoms with Crippen LogP contribution < -0.4 is 0 Å². The zero-order valence-electron chi connectivity index (χ0n) is 19.3. The highest BCUT2D eigenvalue weighted by Crippen LogP contribution is 2.45. The van der Waals surface area contributed by atoms with E-state index in [2.05, 4.69) is 126 Å². The van der Waals surface area contributed by atoms with E-state index in [0.717, 1.165) is 5.69 Å². The Hall–Kier alpha value is -2.93. The highest BCUT2D eigenvalue weighted by Gasteiger charge is 2.37. The summed E-state index contributed by atoms with van der Waals surface area (Å²) < 4.78 is 0. The van der Waals surface area contributed by atoms with Crippen molar-refractivity contribution in [2.45, 2.75) is 57.8 Å². The summed E-state index contributed by atoms with van der Waals surface area (Å²) in [6, 6.07) is 26.2. The van der Waals surface area contributed by atoms with E-state index in [0.29, 0.717) is 11.8 Å². The van der Waals surface area contributed by atoms with Crippen molar-refractivity contribution in [1.29, 1.82) is 0 Å². The SMILES string of the molecule is CC(C)c1cccc(C(C)C)c1N=C[C@]1(C)c2ccccc2C=C[C@@H]1c1ccccc1. The fraction of sp³-hybridized carbons (Fsp3) is 0.300. The van der Waals surface area contributed by atoms with Crippen LogP contribution in [0.5, 0.6) is 0 Å². The number of hydrogen-bond donors (Lipinski definition) is 0. The lowest BCUT2D eigenvalue weighted by Gasteiger charge is -2.38. The zero-order valence-corrected chi connectivity index (χ0v) is 19.3. The highest BCUT2D eigenvalue weighted by atomic mass is 14.8. The minimum atomic E-state index is -0.231. The smallest absolute Gasteiger partial charge is 0.0695 e. The van der Waals surface area contributed by atoms with E-state index in [-0.39, 0.29) is 11.3 Å². The van der Waals surface area contributed by atoms with E-state index in [4.69, 9.17) is 4.99 Å². The molecule has 0 fully saturated rings. The van der Waals surface area contributed by atoms with Gasteiger partial charge in [-0.1, -0.05) is 113 Å². The van der Waals surface area contributed by atoms with Crippen LogP contribution in [-0.2, 0) is 5.41 Å². The summed E-state index contributed by atoms with van der Waals surface area (Å²) in [5.74, 6) is 1.10. The molecule has 0 saturated heterocycles. The molecule has 158 valence electrons. The normalized spacial score (nSPS) is 20.5. The van der Waals surface area contributed by atoms with Crippen molar-refractivity contribution in [2.24, 2.45) is 4.99 Å². The lowest BCUT2D eigenvalue weighted by molar-refractivity contribution is 0.572. The number of fused-ring (bicyclic) bond motifs is 1. The van der Waals surface area contributed by atoms with Gasteiger partial charge in [0.2, 0.25) is 0 Å². The average Bonchev–Trinajstić information content (AvgIpc) is 2.78.